The van der Waals surface area contributed by atoms with Crippen LogP contribution in [-0.2, 0) is 50.7 Å². The molecule has 0 radical (unpaired) electrons. The summed E-state index contributed by atoms with van der Waals surface area (Å²) in [7, 11) is -16.4. The van der Waals surface area contributed by atoms with Gasteiger partial charge in [-0.25, -0.2) is 28.6 Å². The number of imidazole rings is 1. The van der Waals surface area contributed by atoms with E-state index in [4.69, 9.17) is 19.5 Å². The average Bonchev–Trinajstić information content (AvgIpc) is 3.60. The Morgan fingerprint density at radius 3 is 2.39 bits per heavy atom. The van der Waals surface area contributed by atoms with Gasteiger partial charge in [-0.1, -0.05) is 25.6 Å². The number of ketones is 1. The summed E-state index contributed by atoms with van der Waals surface area (Å²) in [5, 5.41) is 36.5. The second kappa shape index (κ2) is 19.2. The number of phosphoric ester groups is 3. The Balaban J connectivity index is 1.51. The van der Waals surface area contributed by atoms with Crippen molar-refractivity contribution < 1.29 is 85.6 Å². The van der Waals surface area contributed by atoms with Crippen LogP contribution >= 0.6 is 35.2 Å². The van der Waals surface area contributed by atoms with E-state index in [-0.39, 0.29) is 59.6 Å². The molecule has 0 spiro atoms. The van der Waals surface area contributed by atoms with Gasteiger partial charge in [-0.3, -0.25) is 37.8 Å². The van der Waals surface area contributed by atoms with Gasteiger partial charge in [0.1, 0.15) is 48.3 Å². The van der Waals surface area contributed by atoms with Crippen molar-refractivity contribution in [2.24, 2.45) is 5.41 Å². The number of rotatable bonds is 22. The Morgan fingerprint density at radius 2 is 1.74 bits per heavy atom. The number of carbonyl (C=O) groups is 3. The number of nitrogen functional groups attached to an aromatic ring is 1. The van der Waals surface area contributed by atoms with E-state index in [0.717, 1.165) is 29.0 Å². The molecule has 1 saturated heterocycles. The molecular weight excluding hydrogens is 811 g/mol. The van der Waals surface area contributed by atoms with E-state index in [0.29, 0.717) is 0 Å². The van der Waals surface area contributed by atoms with Crippen molar-refractivity contribution in [1.29, 1.82) is 0 Å². The summed E-state index contributed by atoms with van der Waals surface area (Å²) in [6.07, 6.45) is -8.63. The molecule has 54 heavy (non-hydrogen) atoms. The van der Waals surface area contributed by atoms with Gasteiger partial charge < -0.3 is 50.7 Å². The molecule has 0 bridgehead atoms. The molecule has 3 rings (SSSR count). The fourth-order valence-corrected chi connectivity index (χ4v) is 8.24. The van der Waals surface area contributed by atoms with Crippen LogP contribution in [0.25, 0.3) is 11.2 Å². The first-order valence-corrected chi connectivity index (χ1v) is 21.1. The van der Waals surface area contributed by atoms with Crippen LogP contribution in [0, 0.1) is 5.41 Å². The molecule has 0 aliphatic carbocycles. The number of carbonyl (C=O) groups excluding carboxylic acids is 3. The van der Waals surface area contributed by atoms with Crippen LogP contribution in [0.15, 0.2) is 12.7 Å². The SMILES string of the molecule is CC(=O)CC(=O)SCCNC(=O)CCNC(O)[C@H](O)C(C)(C)COP(=O)(O)OP(=O)(O)OC[C@H]1O[C@@H](n2cnc3c(N)ncnc32)[C@H](O)[C@@H]1OP(=O)(O)O. The van der Waals surface area contributed by atoms with Crippen molar-refractivity contribution in [3.63, 3.8) is 0 Å². The van der Waals surface area contributed by atoms with E-state index >= 15 is 0 Å². The van der Waals surface area contributed by atoms with Crippen molar-refractivity contribution in [2.75, 3.05) is 37.8 Å². The minimum atomic E-state index is -5.56. The van der Waals surface area contributed by atoms with Gasteiger partial charge in [0.15, 0.2) is 22.8 Å². The van der Waals surface area contributed by atoms with Crippen LogP contribution in [0.5, 0.6) is 0 Å². The second-order valence-electron chi connectivity index (χ2n) is 12.3. The normalized spacial score (nSPS) is 22.7. The predicted molar refractivity (Wildman–Crippen MR) is 183 cm³/mol. The maximum absolute atomic E-state index is 12.7. The summed E-state index contributed by atoms with van der Waals surface area (Å²) in [4.78, 5) is 85.3. The summed E-state index contributed by atoms with van der Waals surface area (Å²) >= 11 is 0.892. The molecule has 0 saturated carbocycles. The molecule has 1 aliphatic rings. The maximum Gasteiger partial charge on any atom is 0.481 e. The lowest BCUT2D eigenvalue weighted by Crippen LogP contribution is -2.49. The number of amides is 1. The Labute approximate surface area is 310 Å². The molecule has 0 aromatic carbocycles. The van der Waals surface area contributed by atoms with Gasteiger partial charge in [-0.05, 0) is 6.92 Å². The lowest BCUT2D eigenvalue weighted by atomic mass is 9.86. The minimum absolute atomic E-state index is 0.0294. The summed E-state index contributed by atoms with van der Waals surface area (Å²) in [5.74, 6) is -0.531. The monoisotopic (exact) mass is 853 g/mol. The van der Waals surface area contributed by atoms with E-state index in [2.05, 4.69) is 34.4 Å². The zero-order chi connectivity index (χ0) is 40.6. The average molecular weight is 854 g/mol. The number of fused-ring (bicyclic) bond motifs is 1. The van der Waals surface area contributed by atoms with E-state index in [1.807, 2.05) is 0 Å². The molecule has 3 heterocycles. The third-order valence-corrected chi connectivity index (χ3v) is 11.3. The standard InChI is InChI=1S/C25H42N7O18P3S/c1-13(33)8-16(35)54-7-6-27-15(34)4-5-28-23(38)20(37)25(2,3)10-47-53(44,45)50-52(42,43)46-9-14-19(49-51(39,40)41)18(36)24(48-14)32-12-31-17-21(26)29-11-30-22(17)32/h11-12,14,18-20,23-24,28,36-38H,4-10H2,1-3H3,(H,27,34)(H,42,43)(H,44,45)(H2,26,29,30)(H2,39,40,41)/t14-,18-,19-,20+,23?,24-/m1/s1. The highest BCUT2D eigenvalue weighted by atomic mass is 32.2. The lowest BCUT2D eigenvalue weighted by molar-refractivity contribution is -0.122. The molecule has 8 atom stereocenters. The first-order valence-electron chi connectivity index (χ1n) is 15.6. The molecule has 3 unspecified atom stereocenters. The number of anilines is 1. The number of nitrogens with one attached hydrogen (secondary N) is 2. The highest BCUT2D eigenvalue weighted by molar-refractivity contribution is 8.13. The predicted octanol–water partition coefficient (Wildman–Crippen LogP) is -1.56. The van der Waals surface area contributed by atoms with Gasteiger partial charge in [0.2, 0.25) is 5.91 Å². The van der Waals surface area contributed by atoms with E-state index in [9.17, 15) is 63.0 Å². The molecular formula is C25H42N7O18P3S. The third kappa shape index (κ3) is 14.0. The minimum Gasteiger partial charge on any atom is -0.388 e. The molecule has 1 aliphatic heterocycles. The van der Waals surface area contributed by atoms with E-state index < -0.39 is 84.9 Å². The van der Waals surface area contributed by atoms with Crippen molar-refractivity contribution >= 4 is 69.0 Å². The Morgan fingerprint density at radius 1 is 1.07 bits per heavy atom. The molecule has 1 amide bonds. The van der Waals surface area contributed by atoms with Gasteiger partial charge in [0, 0.05) is 30.7 Å². The molecule has 2 aromatic rings. The molecule has 1 fully saturated rings. The largest absolute Gasteiger partial charge is 0.481 e. The van der Waals surface area contributed by atoms with Crippen LogP contribution in [0.2, 0.25) is 0 Å². The van der Waals surface area contributed by atoms with E-state index in [1.54, 1.807) is 0 Å². The molecule has 11 N–H and O–H groups in total. The topological polar surface area (TPSA) is 384 Å². The van der Waals surface area contributed by atoms with Crippen LogP contribution in [0.3, 0.4) is 0 Å². The number of thioether (sulfide) groups is 1. The number of nitrogens with zero attached hydrogens (tertiary/aromatic N) is 4. The zero-order valence-electron chi connectivity index (χ0n) is 28.8. The number of phosphoric acid groups is 3. The number of ether oxygens (including phenoxy) is 1. The van der Waals surface area contributed by atoms with Crippen LogP contribution in [0.1, 0.15) is 39.8 Å². The van der Waals surface area contributed by atoms with Crippen LogP contribution in [-0.4, -0.2) is 134 Å². The Kier molecular flexibility index (Phi) is 16.4. The van der Waals surface area contributed by atoms with Gasteiger partial charge >= 0.3 is 23.5 Å². The first-order chi connectivity index (χ1) is 24.9. The van der Waals surface area contributed by atoms with Crippen molar-refractivity contribution in [2.45, 2.75) is 70.5 Å². The van der Waals surface area contributed by atoms with Gasteiger partial charge in [0.25, 0.3) is 0 Å². The first kappa shape index (κ1) is 46.1. The molecule has 29 heteroatoms. The number of nitrogens with two attached hydrogens (primary N) is 1. The maximum atomic E-state index is 12.7. The number of hydrogen-bond acceptors (Lipinski definition) is 20. The number of aliphatic hydroxyl groups excluding tert-OH is 3. The molecule has 2 aromatic heterocycles. The third-order valence-electron chi connectivity index (χ3n) is 7.32. The lowest BCUT2D eigenvalue weighted by Gasteiger charge is -2.34. The molecule has 306 valence electrons. The molecule has 25 nitrogen and oxygen atoms in total. The summed E-state index contributed by atoms with van der Waals surface area (Å²) < 4.78 is 62.0. The van der Waals surface area contributed by atoms with Gasteiger partial charge in [0.05, 0.1) is 26.0 Å². The highest BCUT2D eigenvalue weighted by Crippen LogP contribution is 2.61. The number of Topliss-reactive ketones (excluding diaryl/α,β-unsaturated/α-hetero) is 1. The number of aliphatic hydroxyl groups is 3. The van der Waals surface area contributed by atoms with E-state index in [1.165, 1.54) is 20.8 Å². The highest BCUT2D eigenvalue weighted by Gasteiger charge is 2.50. The van der Waals surface area contributed by atoms with Gasteiger partial charge in [-0.2, -0.15) is 4.31 Å². The fraction of sp³-hybridized carbons (Fsp3) is 0.680. The van der Waals surface area contributed by atoms with Crippen molar-refractivity contribution in [3.8, 4) is 0 Å². The van der Waals surface area contributed by atoms with Crippen molar-refractivity contribution in [3.05, 3.63) is 12.7 Å². The van der Waals surface area contributed by atoms with Crippen LogP contribution in [0.4, 0.5) is 5.82 Å². The quantitative estimate of drug-likeness (QED) is 0.0277. The number of aromatic nitrogens is 4. The summed E-state index contributed by atoms with van der Waals surface area (Å²) in [6.45, 7) is 1.90. The fourth-order valence-electron chi connectivity index (χ4n) is 4.68. The van der Waals surface area contributed by atoms with Gasteiger partial charge in [-0.15, -0.1) is 0 Å². The second-order valence-corrected chi connectivity index (χ2v) is 17.7. The number of hydrogen-bond donors (Lipinski definition) is 10. The summed E-state index contributed by atoms with van der Waals surface area (Å²) in [6, 6.07) is 0. The van der Waals surface area contributed by atoms with Crippen molar-refractivity contribution in [1.82, 2.24) is 30.2 Å². The smallest absolute Gasteiger partial charge is 0.388 e. The summed E-state index contributed by atoms with van der Waals surface area (Å²) in [5.41, 5.74) is 4.33. The van der Waals surface area contributed by atoms with Crippen LogP contribution < -0.4 is 16.4 Å². The Bertz CT molecular complexity index is 1780. The zero-order valence-corrected chi connectivity index (χ0v) is 32.3. The Hall–Kier alpha value is -2.32.